The molecule has 2 aromatic heterocycles. The van der Waals surface area contributed by atoms with Crippen molar-refractivity contribution in [3.63, 3.8) is 0 Å². The molecular weight excluding hydrogens is 198 g/mol. The first-order valence-electron chi connectivity index (χ1n) is 4.08. The Morgan fingerprint density at radius 3 is 2.60 bits per heavy atom. The van der Waals surface area contributed by atoms with Crippen LogP contribution in [0.4, 0.5) is 0 Å². The number of rotatable bonds is 2. The quantitative estimate of drug-likeness (QED) is 0.659. The molecule has 0 bridgehead atoms. The molecule has 15 heavy (non-hydrogen) atoms. The molecule has 0 aliphatic rings. The highest BCUT2D eigenvalue weighted by atomic mass is 16.2. The molecule has 0 spiro atoms. The summed E-state index contributed by atoms with van der Waals surface area (Å²) in [4.78, 5) is 29.9. The Balaban J connectivity index is 2.55. The first-order valence-corrected chi connectivity index (χ1v) is 4.08. The Labute approximate surface area is 83.6 Å². The van der Waals surface area contributed by atoms with Crippen LogP contribution in [0.25, 0.3) is 5.95 Å². The molecule has 0 aliphatic heterocycles. The Kier molecular flexibility index (Phi) is 2.05. The van der Waals surface area contributed by atoms with Gasteiger partial charge in [0.2, 0.25) is 0 Å². The van der Waals surface area contributed by atoms with Gasteiger partial charge in [-0.15, -0.1) is 0 Å². The standard InChI is InChI=1S/C8H7N5O2/c9-7(15)5-4-6(14)13(12-5)8-10-2-1-3-11-8/h1-4,12H,(H2,9,15). The summed E-state index contributed by atoms with van der Waals surface area (Å²) in [5.41, 5.74) is 4.60. The molecule has 0 fully saturated rings. The summed E-state index contributed by atoms with van der Waals surface area (Å²) in [5, 5.41) is 2.50. The third kappa shape index (κ3) is 1.62. The SMILES string of the molecule is NC(=O)c1cc(=O)n(-c2ncccn2)[nH]1. The molecule has 7 heteroatoms. The fourth-order valence-corrected chi connectivity index (χ4v) is 1.08. The number of aromatic amines is 1. The molecule has 0 unspecified atom stereocenters. The fraction of sp³-hybridized carbons (Fsp3) is 0. The number of nitrogens with two attached hydrogens (primary N) is 1. The van der Waals surface area contributed by atoms with Gasteiger partial charge in [-0.25, -0.2) is 9.97 Å². The number of H-pyrrole nitrogens is 1. The number of nitrogens with zero attached hydrogens (tertiary/aromatic N) is 3. The van der Waals surface area contributed by atoms with Crippen LogP contribution in [0.2, 0.25) is 0 Å². The van der Waals surface area contributed by atoms with E-state index in [1.807, 2.05) is 0 Å². The minimum Gasteiger partial charge on any atom is -0.364 e. The van der Waals surface area contributed by atoms with E-state index in [1.165, 1.54) is 12.4 Å². The van der Waals surface area contributed by atoms with Crippen molar-refractivity contribution in [2.45, 2.75) is 0 Å². The molecule has 2 rings (SSSR count). The second-order valence-electron chi connectivity index (χ2n) is 2.76. The van der Waals surface area contributed by atoms with Crippen molar-refractivity contribution in [3.8, 4) is 5.95 Å². The summed E-state index contributed by atoms with van der Waals surface area (Å²) in [6, 6.07) is 2.71. The van der Waals surface area contributed by atoms with Gasteiger partial charge in [-0.05, 0) is 6.07 Å². The summed E-state index contributed by atoms with van der Waals surface area (Å²) in [6.07, 6.45) is 2.97. The van der Waals surface area contributed by atoms with Crippen molar-refractivity contribution in [2.24, 2.45) is 5.73 Å². The number of carbonyl (C=O) groups excluding carboxylic acids is 1. The van der Waals surface area contributed by atoms with E-state index in [0.29, 0.717) is 0 Å². The first kappa shape index (κ1) is 9.13. The summed E-state index contributed by atoms with van der Waals surface area (Å²) in [7, 11) is 0. The van der Waals surface area contributed by atoms with Crippen molar-refractivity contribution >= 4 is 5.91 Å². The van der Waals surface area contributed by atoms with Gasteiger partial charge < -0.3 is 5.73 Å². The van der Waals surface area contributed by atoms with Gasteiger partial charge in [-0.2, -0.15) is 4.68 Å². The van der Waals surface area contributed by atoms with E-state index < -0.39 is 11.5 Å². The van der Waals surface area contributed by atoms with Crippen molar-refractivity contribution in [3.05, 3.63) is 40.6 Å². The number of amides is 1. The van der Waals surface area contributed by atoms with Crippen LogP contribution in [0.5, 0.6) is 0 Å². The summed E-state index contributed by atoms with van der Waals surface area (Å²) in [6.45, 7) is 0. The van der Waals surface area contributed by atoms with E-state index in [9.17, 15) is 9.59 Å². The third-order valence-corrected chi connectivity index (χ3v) is 1.74. The lowest BCUT2D eigenvalue weighted by Crippen LogP contribution is -2.16. The lowest BCUT2D eigenvalue weighted by atomic mass is 10.4. The number of hydrogen-bond acceptors (Lipinski definition) is 4. The summed E-state index contributed by atoms with van der Waals surface area (Å²) in [5.74, 6) is -0.545. The van der Waals surface area contributed by atoms with Crippen LogP contribution in [0.15, 0.2) is 29.3 Å². The van der Waals surface area contributed by atoms with E-state index in [-0.39, 0.29) is 11.6 Å². The van der Waals surface area contributed by atoms with Crippen molar-refractivity contribution in [2.75, 3.05) is 0 Å². The van der Waals surface area contributed by atoms with Crippen LogP contribution in [-0.2, 0) is 0 Å². The smallest absolute Gasteiger partial charge is 0.274 e. The highest BCUT2D eigenvalue weighted by molar-refractivity contribution is 5.90. The zero-order valence-electron chi connectivity index (χ0n) is 7.54. The zero-order chi connectivity index (χ0) is 10.8. The maximum absolute atomic E-state index is 11.4. The molecule has 1 amide bonds. The number of aromatic nitrogens is 4. The molecule has 0 saturated heterocycles. The minimum absolute atomic E-state index is 0.0208. The van der Waals surface area contributed by atoms with Gasteiger partial charge in [-0.3, -0.25) is 14.7 Å². The molecular formula is C8H7N5O2. The van der Waals surface area contributed by atoms with Gasteiger partial charge in [0.1, 0.15) is 5.69 Å². The lowest BCUT2D eigenvalue weighted by molar-refractivity contribution is 0.0995. The van der Waals surface area contributed by atoms with Gasteiger partial charge in [0.05, 0.1) is 0 Å². The monoisotopic (exact) mass is 205 g/mol. The molecule has 0 aromatic carbocycles. The molecule has 0 radical (unpaired) electrons. The van der Waals surface area contributed by atoms with Crippen molar-refractivity contribution in [1.29, 1.82) is 0 Å². The van der Waals surface area contributed by atoms with E-state index in [4.69, 9.17) is 5.73 Å². The third-order valence-electron chi connectivity index (χ3n) is 1.74. The van der Waals surface area contributed by atoms with Gasteiger partial charge >= 0.3 is 0 Å². The Bertz CT molecular complexity index is 542. The molecule has 7 nitrogen and oxygen atoms in total. The number of primary amides is 1. The van der Waals surface area contributed by atoms with Crippen molar-refractivity contribution in [1.82, 2.24) is 19.7 Å². The molecule has 0 aliphatic carbocycles. The van der Waals surface area contributed by atoms with E-state index in [1.54, 1.807) is 6.07 Å². The summed E-state index contributed by atoms with van der Waals surface area (Å²) < 4.78 is 1.04. The highest BCUT2D eigenvalue weighted by Crippen LogP contribution is 1.94. The number of nitrogens with one attached hydrogen (secondary N) is 1. The van der Waals surface area contributed by atoms with Crippen LogP contribution in [0.1, 0.15) is 10.5 Å². The maximum atomic E-state index is 11.4. The topological polar surface area (TPSA) is 107 Å². The van der Waals surface area contributed by atoms with Gasteiger partial charge in [0.15, 0.2) is 0 Å². The van der Waals surface area contributed by atoms with Crippen LogP contribution in [0.3, 0.4) is 0 Å². The van der Waals surface area contributed by atoms with Crippen molar-refractivity contribution < 1.29 is 4.79 Å². The van der Waals surface area contributed by atoms with Crippen LogP contribution >= 0.6 is 0 Å². The Hall–Kier alpha value is -2.44. The Morgan fingerprint density at radius 1 is 1.40 bits per heavy atom. The predicted octanol–water partition coefficient (Wildman–Crippen LogP) is -0.946. The second-order valence-corrected chi connectivity index (χ2v) is 2.76. The van der Waals surface area contributed by atoms with Gasteiger partial charge in [0, 0.05) is 18.5 Å². The van der Waals surface area contributed by atoms with Crippen LogP contribution < -0.4 is 11.3 Å². The largest absolute Gasteiger partial charge is 0.364 e. The minimum atomic E-state index is -0.707. The zero-order valence-corrected chi connectivity index (χ0v) is 7.54. The van der Waals surface area contributed by atoms with Gasteiger partial charge in [-0.1, -0.05) is 0 Å². The first-order chi connectivity index (χ1) is 7.18. The maximum Gasteiger partial charge on any atom is 0.274 e. The van der Waals surface area contributed by atoms with Crippen LogP contribution in [0, 0.1) is 0 Å². The molecule has 2 heterocycles. The molecule has 3 N–H and O–H groups in total. The summed E-state index contributed by atoms with van der Waals surface area (Å²) >= 11 is 0. The van der Waals surface area contributed by atoms with E-state index >= 15 is 0 Å². The second kappa shape index (κ2) is 3.37. The van der Waals surface area contributed by atoms with Gasteiger partial charge in [0.25, 0.3) is 17.4 Å². The molecule has 0 saturated carbocycles. The normalized spacial score (nSPS) is 10.1. The average Bonchev–Trinajstić information content (AvgIpc) is 2.62. The number of hydrogen-bond donors (Lipinski definition) is 2. The molecule has 76 valence electrons. The number of carbonyl (C=O) groups is 1. The van der Waals surface area contributed by atoms with E-state index in [2.05, 4.69) is 15.1 Å². The van der Waals surface area contributed by atoms with E-state index in [0.717, 1.165) is 10.7 Å². The van der Waals surface area contributed by atoms with Crippen LogP contribution in [-0.4, -0.2) is 25.7 Å². The lowest BCUT2D eigenvalue weighted by Gasteiger charge is -1.97. The average molecular weight is 205 g/mol. The predicted molar refractivity (Wildman–Crippen MR) is 50.5 cm³/mol. The fourth-order valence-electron chi connectivity index (χ4n) is 1.08. The highest BCUT2D eigenvalue weighted by Gasteiger charge is 2.09. The molecule has 2 aromatic rings. The molecule has 0 atom stereocenters. The Morgan fingerprint density at radius 2 is 2.07 bits per heavy atom.